The Morgan fingerprint density at radius 3 is 2.22 bits per heavy atom. The van der Waals surface area contributed by atoms with Gasteiger partial charge in [0.2, 0.25) is 11.6 Å². The van der Waals surface area contributed by atoms with E-state index in [1.54, 1.807) is 42.2 Å². The van der Waals surface area contributed by atoms with Gasteiger partial charge < -0.3 is 0 Å². The molecule has 0 radical (unpaired) electrons. The number of carbonyl (C=O) groups is 2. The first kappa shape index (κ1) is 12.5. The zero-order chi connectivity index (χ0) is 13.0. The molecule has 0 N–H and O–H groups in total. The molecule has 3 nitrogen and oxygen atoms in total. The van der Waals surface area contributed by atoms with Gasteiger partial charge in [-0.2, -0.15) is 0 Å². The van der Waals surface area contributed by atoms with E-state index in [9.17, 15) is 9.59 Å². The van der Waals surface area contributed by atoms with Gasteiger partial charge in [-0.25, -0.2) is 0 Å². The van der Waals surface area contributed by atoms with E-state index < -0.39 is 11.6 Å². The third-order valence-corrected chi connectivity index (χ3v) is 3.23. The molecule has 1 heterocycles. The molecule has 0 spiro atoms. The zero-order valence-electron chi connectivity index (χ0n) is 9.79. The van der Waals surface area contributed by atoms with Crippen molar-refractivity contribution in [2.45, 2.75) is 4.90 Å². The van der Waals surface area contributed by atoms with Crippen LogP contribution in [0.25, 0.3) is 0 Å². The molecule has 1 aromatic carbocycles. The summed E-state index contributed by atoms with van der Waals surface area (Å²) in [5.41, 5.74) is 0.720. The van der Waals surface area contributed by atoms with Crippen LogP contribution in [0.3, 0.4) is 0 Å². The molecule has 0 unspecified atom stereocenters. The van der Waals surface area contributed by atoms with E-state index >= 15 is 0 Å². The summed E-state index contributed by atoms with van der Waals surface area (Å²) in [4.78, 5) is 28.8. The number of nitrogens with zero attached hydrogens (tertiary/aromatic N) is 1. The number of benzene rings is 1. The summed E-state index contributed by atoms with van der Waals surface area (Å²) in [5, 5.41) is 0. The van der Waals surface area contributed by atoms with Crippen molar-refractivity contribution in [2.24, 2.45) is 0 Å². The normalized spacial score (nSPS) is 10.1. The first-order chi connectivity index (χ1) is 8.72. The van der Waals surface area contributed by atoms with Crippen molar-refractivity contribution in [1.29, 1.82) is 0 Å². The monoisotopic (exact) mass is 257 g/mol. The minimum Gasteiger partial charge on any atom is -0.285 e. The topological polar surface area (TPSA) is 47.0 Å². The predicted octanol–water partition coefficient (Wildman–Crippen LogP) is 2.87. The first-order valence-electron chi connectivity index (χ1n) is 5.35. The van der Waals surface area contributed by atoms with Crippen LogP contribution >= 0.6 is 11.8 Å². The largest absolute Gasteiger partial charge is 0.285 e. The van der Waals surface area contributed by atoms with E-state index in [0.29, 0.717) is 11.1 Å². The number of pyridine rings is 1. The lowest BCUT2D eigenvalue weighted by Crippen LogP contribution is -2.14. The molecule has 0 atom stereocenters. The molecule has 0 aliphatic heterocycles. The van der Waals surface area contributed by atoms with Gasteiger partial charge in [-0.05, 0) is 42.7 Å². The van der Waals surface area contributed by atoms with Gasteiger partial charge in [0.15, 0.2) is 0 Å². The summed E-state index contributed by atoms with van der Waals surface area (Å²) in [6.07, 6.45) is 4.92. The van der Waals surface area contributed by atoms with Crippen molar-refractivity contribution < 1.29 is 9.59 Å². The summed E-state index contributed by atoms with van der Waals surface area (Å²) in [6, 6.07) is 10.2. The fraction of sp³-hybridized carbons (Fsp3) is 0.0714. The quantitative estimate of drug-likeness (QED) is 0.480. The van der Waals surface area contributed by atoms with Crippen LogP contribution in [0.4, 0.5) is 0 Å². The third-order valence-electron chi connectivity index (χ3n) is 2.48. The van der Waals surface area contributed by atoms with Crippen LogP contribution in [0.15, 0.2) is 53.7 Å². The number of hydrogen-bond donors (Lipinski definition) is 0. The maximum Gasteiger partial charge on any atom is 0.235 e. The Balaban J connectivity index is 2.23. The molecule has 18 heavy (non-hydrogen) atoms. The smallest absolute Gasteiger partial charge is 0.235 e. The SMILES string of the molecule is CSc1ccc(C(=O)C(=O)c2cccnc2)cc1. The highest BCUT2D eigenvalue weighted by atomic mass is 32.2. The van der Waals surface area contributed by atoms with Crippen molar-refractivity contribution in [3.8, 4) is 0 Å². The second-order valence-corrected chi connectivity index (χ2v) is 4.51. The van der Waals surface area contributed by atoms with Crippen LogP contribution < -0.4 is 0 Å². The van der Waals surface area contributed by atoms with Crippen LogP contribution in [-0.4, -0.2) is 22.8 Å². The van der Waals surface area contributed by atoms with Crippen molar-refractivity contribution in [1.82, 2.24) is 4.98 Å². The number of ketones is 2. The Labute approximate surface area is 109 Å². The minimum absolute atomic E-state index is 0.316. The van der Waals surface area contributed by atoms with Crippen molar-refractivity contribution in [3.63, 3.8) is 0 Å². The molecule has 90 valence electrons. The van der Waals surface area contributed by atoms with E-state index in [-0.39, 0.29) is 0 Å². The third kappa shape index (κ3) is 2.65. The van der Waals surface area contributed by atoms with Crippen LogP contribution in [-0.2, 0) is 0 Å². The molecular formula is C14H11NO2S. The number of thioether (sulfide) groups is 1. The predicted molar refractivity (Wildman–Crippen MR) is 71.1 cm³/mol. The second-order valence-electron chi connectivity index (χ2n) is 3.63. The van der Waals surface area contributed by atoms with Crippen molar-refractivity contribution in [2.75, 3.05) is 6.26 Å². The van der Waals surface area contributed by atoms with Crippen molar-refractivity contribution >= 4 is 23.3 Å². The number of carbonyl (C=O) groups excluding carboxylic acids is 2. The van der Waals surface area contributed by atoms with Crippen LogP contribution in [0.5, 0.6) is 0 Å². The molecule has 0 amide bonds. The molecule has 0 aliphatic rings. The summed E-state index contributed by atoms with van der Waals surface area (Å²) in [6.45, 7) is 0. The Morgan fingerprint density at radius 1 is 1.00 bits per heavy atom. The molecule has 0 saturated carbocycles. The van der Waals surface area contributed by atoms with Gasteiger partial charge in [-0.1, -0.05) is 0 Å². The van der Waals surface area contributed by atoms with Gasteiger partial charge in [0, 0.05) is 28.4 Å². The van der Waals surface area contributed by atoms with Gasteiger partial charge in [0.05, 0.1) is 0 Å². The molecule has 0 saturated heterocycles. The van der Waals surface area contributed by atoms with E-state index in [0.717, 1.165) is 4.90 Å². The zero-order valence-corrected chi connectivity index (χ0v) is 10.6. The lowest BCUT2D eigenvalue weighted by Gasteiger charge is -2.01. The number of hydrogen-bond acceptors (Lipinski definition) is 4. The Kier molecular flexibility index (Phi) is 3.89. The maximum atomic E-state index is 12.0. The standard InChI is InChI=1S/C14H11NO2S/c1-18-12-6-4-10(5-7-12)13(16)14(17)11-3-2-8-15-9-11/h2-9H,1H3. The highest BCUT2D eigenvalue weighted by Gasteiger charge is 2.17. The highest BCUT2D eigenvalue weighted by molar-refractivity contribution is 7.98. The number of rotatable bonds is 4. The molecule has 0 fully saturated rings. The summed E-state index contributed by atoms with van der Waals surface area (Å²) in [7, 11) is 0. The Hall–Kier alpha value is -1.94. The maximum absolute atomic E-state index is 12.0. The fourth-order valence-electron chi connectivity index (χ4n) is 1.50. The lowest BCUT2D eigenvalue weighted by molar-refractivity contribution is 0.0816. The molecule has 1 aromatic heterocycles. The highest BCUT2D eigenvalue weighted by Crippen LogP contribution is 2.16. The van der Waals surface area contributed by atoms with Crippen LogP contribution in [0.2, 0.25) is 0 Å². The van der Waals surface area contributed by atoms with E-state index in [2.05, 4.69) is 4.98 Å². The molecule has 0 aliphatic carbocycles. The number of Topliss-reactive ketones (excluding diaryl/α,β-unsaturated/α-hetero) is 2. The van der Waals surface area contributed by atoms with Crippen LogP contribution in [0, 0.1) is 0 Å². The molecular weight excluding hydrogens is 246 g/mol. The Morgan fingerprint density at radius 2 is 1.67 bits per heavy atom. The van der Waals surface area contributed by atoms with Gasteiger partial charge in [0.1, 0.15) is 0 Å². The molecule has 0 bridgehead atoms. The fourth-order valence-corrected chi connectivity index (χ4v) is 1.91. The molecule has 4 heteroatoms. The average molecular weight is 257 g/mol. The van der Waals surface area contributed by atoms with Gasteiger partial charge in [0.25, 0.3) is 0 Å². The summed E-state index contributed by atoms with van der Waals surface area (Å²) < 4.78 is 0. The van der Waals surface area contributed by atoms with Gasteiger partial charge in [-0.3, -0.25) is 14.6 Å². The second kappa shape index (κ2) is 5.60. The summed E-state index contributed by atoms with van der Waals surface area (Å²) in [5.74, 6) is -1.03. The number of aromatic nitrogens is 1. The van der Waals surface area contributed by atoms with E-state index in [1.807, 2.05) is 18.4 Å². The molecule has 2 rings (SSSR count). The van der Waals surface area contributed by atoms with E-state index in [4.69, 9.17) is 0 Å². The molecule has 2 aromatic rings. The van der Waals surface area contributed by atoms with Crippen molar-refractivity contribution in [3.05, 3.63) is 59.9 Å². The lowest BCUT2D eigenvalue weighted by atomic mass is 10.0. The minimum atomic E-state index is -0.528. The van der Waals surface area contributed by atoms with E-state index in [1.165, 1.54) is 6.20 Å². The average Bonchev–Trinajstić information content (AvgIpc) is 2.47. The Bertz CT molecular complexity index is 564. The first-order valence-corrected chi connectivity index (χ1v) is 6.58. The van der Waals surface area contributed by atoms with Crippen LogP contribution in [0.1, 0.15) is 20.7 Å². The van der Waals surface area contributed by atoms with Gasteiger partial charge in [-0.15, -0.1) is 11.8 Å². The summed E-state index contributed by atoms with van der Waals surface area (Å²) >= 11 is 1.59. The van der Waals surface area contributed by atoms with Gasteiger partial charge >= 0.3 is 0 Å².